The molecule has 0 aliphatic rings. The second-order valence-corrected chi connectivity index (χ2v) is 7.97. The van der Waals surface area contributed by atoms with E-state index < -0.39 is 4.92 Å². The number of ether oxygens (including phenoxy) is 1. The van der Waals surface area contributed by atoms with Gasteiger partial charge in [-0.25, -0.2) is 0 Å². The Kier molecular flexibility index (Phi) is 9.10. The summed E-state index contributed by atoms with van der Waals surface area (Å²) >= 11 is 6.15. The molecule has 6 nitrogen and oxygen atoms in total. The molecule has 0 atom stereocenters. The predicted octanol–water partition coefficient (Wildman–Crippen LogP) is 6.60. The molecule has 34 heavy (non-hydrogen) atoms. The smallest absolute Gasteiger partial charge is 0.271 e. The van der Waals surface area contributed by atoms with Crippen molar-refractivity contribution >= 4 is 46.2 Å². The molecule has 0 saturated carbocycles. The van der Waals surface area contributed by atoms with E-state index in [0.717, 1.165) is 27.6 Å². The summed E-state index contributed by atoms with van der Waals surface area (Å²) in [4.78, 5) is 10.4. The minimum absolute atomic E-state index is 0. The van der Waals surface area contributed by atoms with Gasteiger partial charge >= 0.3 is 0 Å². The van der Waals surface area contributed by atoms with Crippen molar-refractivity contribution in [3.05, 3.63) is 111 Å². The lowest BCUT2D eigenvalue weighted by molar-refractivity contribution is -0.384. The van der Waals surface area contributed by atoms with Crippen molar-refractivity contribution in [3.8, 4) is 5.75 Å². The number of hydrogen-bond acceptors (Lipinski definition) is 5. The van der Waals surface area contributed by atoms with Crippen LogP contribution in [0.1, 0.15) is 11.1 Å². The van der Waals surface area contributed by atoms with E-state index in [4.69, 9.17) is 16.3 Å². The fourth-order valence-electron chi connectivity index (χ4n) is 3.63. The van der Waals surface area contributed by atoms with Crippen LogP contribution in [0.15, 0.2) is 84.9 Å². The fourth-order valence-corrected chi connectivity index (χ4v) is 3.87. The molecule has 0 spiro atoms. The number of nitro benzene ring substituents is 1. The molecule has 8 heteroatoms. The Bertz CT molecular complexity index is 1250. The van der Waals surface area contributed by atoms with E-state index in [0.29, 0.717) is 37.0 Å². The van der Waals surface area contributed by atoms with Crippen LogP contribution in [-0.2, 0) is 13.2 Å². The highest BCUT2D eigenvalue weighted by Gasteiger charge is 2.11. The average Bonchev–Trinajstić information content (AvgIpc) is 2.84. The standard InChI is InChI=1S/C26H24ClN3O3.ClH/c27-24-16-21(30(31)32)11-12-25(24)29-15-14-28-17-23-22-9-5-4-8-20(22)10-13-26(23)33-18-19-6-2-1-3-7-19;/h1-13,16,28-29H,14-15,17-18H2;1H. The molecular weight excluding hydrogens is 473 g/mol. The highest BCUT2D eigenvalue weighted by Crippen LogP contribution is 2.29. The van der Waals surface area contributed by atoms with Gasteiger partial charge in [0, 0.05) is 37.3 Å². The second-order valence-electron chi connectivity index (χ2n) is 7.56. The summed E-state index contributed by atoms with van der Waals surface area (Å²) in [6, 6.07) is 26.9. The fraction of sp³-hybridized carbons (Fsp3) is 0.154. The summed E-state index contributed by atoms with van der Waals surface area (Å²) in [7, 11) is 0. The molecule has 0 unspecified atom stereocenters. The van der Waals surface area contributed by atoms with Crippen molar-refractivity contribution in [1.29, 1.82) is 0 Å². The van der Waals surface area contributed by atoms with Gasteiger partial charge in [0.05, 0.1) is 15.6 Å². The van der Waals surface area contributed by atoms with Crippen LogP contribution in [0.2, 0.25) is 5.02 Å². The van der Waals surface area contributed by atoms with E-state index >= 15 is 0 Å². The lowest BCUT2D eigenvalue weighted by Gasteiger charge is -2.16. The normalized spacial score (nSPS) is 10.5. The lowest BCUT2D eigenvalue weighted by Crippen LogP contribution is -2.22. The molecule has 0 saturated heterocycles. The third-order valence-electron chi connectivity index (χ3n) is 5.32. The van der Waals surface area contributed by atoms with Crippen molar-refractivity contribution in [3.63, 3.8) is 0 Å². The van der Waals surface area contributed by atoms with E-state index in [9.17, 15) is 10.1 Å². The molecule has 0 amide bonds. The number of nitro groups is 1. The summed E-state index contributed by atoms with van der Waals surface area (Å²) in [6.07, 6.45) is 0. The van der Waals surface area contributed by atoms with Crippen LogP contribution in [0.3, 0.4) is 0 Å². The van der Waals surface area contributed by atoms with Crippen LogP contribution in [0.5, 0.6) is 5.75 Å². The molecule has 0 heterocycles. The monoisotopic (exact) mass is 497 g/mol. The number of anilines is 1. The number of rotatable bonds is 10. The number of nitrogens with zero attached hydrogens (tertiary/aromatic N) is 1. The average molecular weight is 498 g/mol. The number of benzene rings is 4. The largest absolute Gasteiger partial charge is 0.489 e. The number of fused-ring (bicyclic) bond motifs is 1. The van der Waals surface area contributed by atoms with Crippen LogP contribution in [0.4, 0.5) is 11.4 Å². The zero-order valence-electron chi connectivity index (χ0n) is 18.4. The molecule has 0 fully saturated rings. The van der Waals surface area contributed by atoms with Crippen LogP contribution in [0, 0.1) is 10.1 Å². The van der Waals surface area contributed by atoms with E-state index in [2.05, 4.69) is 28.8 Å². The molecule has 4 aromatic carbocycles. The van der Waals surface area contributed by atoms with Crippen molar-refractivity contribution in [2.75, 3.05) is 18.4 Å². The van der Waals surface area contributed by atoms with Crippen LogP contribution in [-0.4, -0.2) is 18.0 Å². The molecule has 0 aromatic heterocycles. The Morgan fingerprint density at radius 1 is 0.912 bits per heavy atom. The Hall–Kier alpha value is -3.32. The summed E-state index contributed by atoms with van der Waals surface area (Å²) < 4.78 is 6.18. The van der Waals surface area contributed by atoms with Gasteiger partial charge in [-0.1, -0.05) is 72.3 Å². The second kappa shape index (κ2) is 12.2. The van der Waals surface area contributed by atoms with Gasteiger partial charge in [-0.3, -0.25) is 10.1 Å². The zero-order valence-corrected chi connectivity index (χ0v) is 19.9. The van der Waals surface area contributed by atoms with Crippen LogP contribution < -0.4 is 15.4 Å². The first kappa shape index (κ1) is 25.3. The van der Waals surface area contributed by atoms with E-state index in [1.807, 2.05) is 48.5 Å². The van der Waals surface area contributed by atoms with E-state index in [1.54, 1.807) is 6.07 Å². The van der Waals surface area contributed by atoms with Gasteiger partial charge in [-0.15, -0.1) is 12.4 Å². The van der Waals surface area contributed by atoms with Crippen LogP contribution in [0.25, 0.3) is 10.8 Å². The van der Waals surface area contributed by atoms with Gasteiger partial charge in [-0.05, 0) is 28.5 Å². The Balaban J connectivity index is 0.00000324. The topological polar surface area (TPSA) is 76.4 Å². The summed E-state index contributed by atoms with van der Waals surface area (Å²) in [5.41, 5.74) is 2.87. The van der Waals surface area contributed by atoms with Gasteiger partial charge in [0.15, 0.2) is 0 Å². The third-order valence-corrected chi connectivity index (χ3v) is 5.63. The highest BCUT2D eigenvalue weighted by atomic mass is 35.5. The molecule has 0 aliphatic carbocycles. The van der Waals surface area contributed by atoms with Gasteiger partial charge in [0.2, 0.25) is 0 Å². The van der Waals surface area contributed by atoms with Crippen molar-refractivity contribution in [2.24, 2.45) is 0 Å². The quantitative estimate of drug-likeness (QED) is 0.146. The number of non-ortho nitro benzene ring substituents is 1. The number of halogens is 2. The van der Waals surface area contributed by atoms with Crippen molar-refractivity contribution < 1.29 is 9.66 Å². The van der Waals surface area contributed by atoms with E-state index in [1.165, 1.54) is 12.1 Å². The Morgan fingerprint density at radius 3 is 2.44 bits per heavy atom. The van der Waals surface area contributed by atoms with Gasteiger partial charge in [0.1, 0.15) is 12.4 Å². The number of hydrogen-bond donors (Lipinski definition) is 2. The maximum absolute atomic E-state index is 10.9. The Labute approximate surface area is 209 Å². The summed E-state index contributed by atoms with van der Waals surface area (Å²) in [5.74, 6) is 0.858. The minimum Gasteiger partial charge on any atom is -0.489 e. The first-order valence-electron chi connectivity index (χ1n) is 10.7. The summed E-state index contributed by atoms with van der Waals surface area (Å²) in [6.45, 7) is 2.44. The lowest BCUT2D eigenvalue weighted by atomic mass is 10.0. The Morgan fingerprint density at radius 2 is 1.68 bits per heavy atom. The molecule has 0 bridgehead atoms. The van der Waals surface area contributed by atoms with Gasteiger partial charge in [0.25, 0.3) is 5.69 Å². The zero-order chi connectivity index (χ0) is 23.0. The maximum atomic E-state index is 10.9. The van der Waals surface area contributed by atoms with Gasteiger partial charge < -0.3 is 15.4 Å². The predicted molar refractivity (Wildman–Crippen MR) is 140 cm³/mol. The number of nitrogens with one attached hydrogen (secondary N) is 2. The molecule has 0 radical (unpaired) electrons. The van der Waals surface area contributed by atoms with Crippen molar-refractivity contribution in [2.45, 2.75) is 13.2 Å². The highest BCUT2D eigenvalue weighted by molar-refractivity contribution is 6.33. The first-order valence-corrected chi connectivity index (χ1v) is 11.1. The molecule has 0 aliphatic heterocycles. The minimum atomic E-state index is -0.459. The summed E-state index contributed by atoms with van der Waals surface area (Å²) in [5, 5.41) is 20.2. The SMILES string of the molecule is Cl.O=[N+]([O-])c1ccc(NCCNCc2c(OCc3ccccc3)ccc3ccccc23)c(Cl)c1. The van der Waals surface area contributed by atoms with E-state index in [-0.39, 0.29) is 18.1 Å². The molecule has 176 valence electrons. The van der Waals surface area contributed by atoms with Crippen molar-refractivity contribution in [1.82, 2.24) is 5.32 Å². The molecule has 2 N–H and O–H groups in total. The first-order chi connectivity index (χ1) is 16.1. The molecular formula is C26H25Cl2N3O3. The molecule has 4 rings (SSSR count). The maximum Gasteiger partial charge on any atom is 0.271 e. The van der Waals surface area contributed by atoms with Gasteiger partial charge in [-0.2, -0.15) is 0 Å². The van der Waals surface area contributed by atoms with Crippen LogP contribution >= 0.6 is 24.0 Å². The third kappa shape index (κ3) is 6.38. The molecule has 4 aromatic rings.